The van der Waals surface area contributed by atoms with Gasteiger partial charge in [0.15, 0.2) is 0 Å². The molecule has 0 N–H and O–H groups in total. The number of benzene rings is 10. The van der Waals surface area contributed by atoms with Gasteiger partial charge in [-0.2, -0.15) is 0 Å². The zero-order valence-corrected chi connectivity index (χ0v) is 37.2. The summed E-state index contributed by atoms with van der Waals surface area (Å²) < 4.78 is 9.34. The second-order valence-corrected chi connectivity index (χ2v) is 20.0. The maximum absolute atomic E-state index is 6.76. The van der Waals surface area contributed by atoms with E-state index in [4.69, 9.17) is 4.74 Å². The van der Waals surface area contributed by atoms with E-state index in [1.54, 1.807) is 0 Å². The van der Waals surface area contributed by atoms with Crippen molar-refractivity contribution in [2.24, 2.45) is 0 Å². The molecule has 15 rings (SSSR count). The lowest BCUT2D eigenvalue weighted by atomic mass is 9.66. The van der Waals surface area contributed by atoms with Crippen LogP contribution in [0.5, 0.6) is 11.5 Å². The molecular weight excluding hydrogens is 839 g/mol. The van der Waals surface area contributed by atoms with E-state index in [1.165, 1.54) is 85.6 Å². The first-order valence-electron chi connectivity index (χ1n) is 22.7. The molecule has 1 aromatic heterocycles. The quantitative estimate of drug-likeness (QED) is 0.175. The fraction of sp³-hybridized carbons (Fsp3) is 0.0323. The summed E-state index contributed by atoms with van der Waals surface area (Å²) in [5, 5.41) is 2.55. The second-order valence-electron chi connectivity index (χ2n) is 17.8. The van der Waals surface area contributed by atoms with Crippen molar-refractivity contribution in [1.82, 2.24) is 0 Å². The Kier molecular flexibility index (Phi) is 7.48. The van der Waals surface area contributed by atoms with Gasteiger partial charge < -0.3 is 9.64 Å². The van der Waals surface area contributed by atoms with Gasteiger partial charge in [0.05, 0.1) is 22.2 Å². The molecule has 0 amide bonds. The normalized spacial score (nSPS) is 14.7. The maximum Gasteiger partial charge on any atom is 0.132 e. The van der Waals surface area contributed by atoms with Crippen molar-refractivity contribution in [3.8, 4) is 33.8 Å². The molecule has 4 aliphatic rings. The lowest BCUT2D eigenvalue weighted by Crippen LogP contribution is -2.32. The molecule has 0 fully saturated rings. The van der Waals surface area contributed by atoms with E-state index < -0.39 is 10.8 Å². The fourth-order valence-electron chi connectivity index (χ4n) is 12.4. The van der Waals surface area contributed by atoms with E-state index in [-0.39, 0.29) is 0 Å². The molecular formula is C62H37NOS2. The van der Waals surface area contributed by atoms with Crippen LogP contribution in [0.25, 0.3) is 42.4 Å². The van der Waals surface area contributed by atoms with Crippen LogP contribution in [-0.4, -0.2) is 0 Å². The smallest absolute Gasteiger partial charge is 0.132 e. The minimum Gasteiger partial charge on any atom is -0.457 e. The van der Waals surface area contributed by atoms with Crippen molar-refractivity contribution in [3.63, 3.8) is 0 Å². The molecule has 0 saturated carbocycles. The predicted octanol–water partition coefficient (Wildman–Crippen LogP) is 16.8. The number of thiophene rings is 1. The largest absolute Gasteiger partial charge is 0.457 e. The highest BCUT2D eigenvalue weighted by molar-refractivity contribution is 7.99. The summed E-state index contributed by atoms with van der Waals surface area (Å²) in [6.45, 7) is 0. The van der Waals surface area contributed by atoms with Gasteiger partial charge in [0.2, 0.25) is 0 Å². The lowest BCUT2D eigenvalue weighted by molar-refractivity contribution is 0.436. The highest BCUT2D eigenvalue weighted by Crippen LogP contribution is 2.67. The summed E-state index contributed by atoms with van der Waals surface area (Å²) >= 11 is 3.76. The van der Waals surface area contributed by atoms with Crippen molar-refractivity contribution in [2.75, 3.05) is 4.90 Å². The molecule has 0 bridgehead atoms. The van der Waals surface area contributed by atoms with Crippen LogP contribution >= 0.6 is 23.1 Å². The molecule has 2 nitrogen and oxygen atoms in total. The molecule has 2 aliphatic heterocycles. The van der Waals surface area contributed by atoms with Gasteiger partial charge >= 0.3 is 0 Å². The minimum absolute atomic E-state index is 0.510. The summed E-state index contributed by atoms with van der Waals surface area (Å²) in [5.41, 5.74) is 17.5. The van der Waals surface area contributed by atoms with Crippen molar-refractivity contribution >= 4 is 60.3 Å². The highest BCUT2D eigenvalue weighted by atomic mass is 32.2. The Balaban J connectivity index is 1.08. The van der Waals surface area contributed by atoms with Gasteiger partial charge in [-0.05, 0) is 105 Å². The van der Waals surface area contributed by atoms with Crippen LogP contribution in [0.3, 0.4) is 0 Å². The molecule has 2 spiro atoms. The summed E-state index contributed by atoms with van der Waals surface area (Å²) in [7, 11) is 0. The van der Waals surface area contributed by atoms with Crippen LogP contribution in [0.1, 0.15) is 44.5 Å². The van der Waals surface area contributed by atoms with Gasteiger partial charge in [0.25, 0.3) is 0 Å². The average Bonchev–Trinajstić information content (AvgIpc) is 4.00. The lowest BCUT2D eigenvalue weighted by Gasteiger charge is -2.40. The molecule has 3 heterocycles. The standard InChI is InChI=1S/C62H37NOS2/c1-4-20-43-40(18-1)59-49(61(43)45-22-6-10-30-53(45)64-54-31-11-7-23-46(54)61)26-15-28-51(59)63(38-35-36-56-42(37-38)39-17-3-12-32-55(39)65-56)52-29-16-27-50-60(52)41-19-2-5-21-44(41)62(50)47-24-8-13-33-57(47)66-58-34-14-9-25-48(58)62/h1-37H. The average molecular weight is 876 g/mol. The van der Waals surface area contributed by atoms with Crippen LogP contribution in [0, 0.1) is 0 Å². The molecule has 0 atom stereocenters. The molecule has 4 heteroatoms. The Hall–Kier alpha value is -7.63. The van der Waals surface area contributed by atoms with Crippen LogP contribution < -0.4 is 9.64 Å². The topological polar surface area (TPSA) is 12.5 Å². The van der Waals surface area contributed by atoms with Gasteiger partial charge in [-0.25, -0.2) is 0 Å². The zero-order valence-electron chi connectivity index (χ0n) is 35.5. The summed E-state index contributed by atoms with van der Waals surface area (Å²) in [5.74, 6) is 1.79. The van der Waals surface area contributed by atoms with E-state index in [2.05, 4.69) is 229 Å². The Labute approximate surface area is 391 Å². The molecule has 66 heavy (non-hydrogen) atoms. The number of anilines is 3. The zero-order chi connectivity index (χ0) is 43.1. The summed E-state index contributed by atoms with van der Waals surface area (Å²) in [6.07, 6.45) is 0. The van der Waals surface area contributed by atoms with Crippen molar-refractivity contribution in [3.05, 3.63) is 269 Å². The van der Waals surface area contributed by atoms with Crippen LogP contribution in [-0.2, 0) is 10.8 Å². The monoisotopic (exact) mass is 875 g/mol. The Morgan fingerprint density at radius 1 is 0.348 bits per heavy atom. The van der Waals surface area contributed by atoms with Gasteiger partial charge in [-0.3, -0.25) is 0 Å². The third-order valence-electron chi connectivity index (χ3n) is 14.8. The summed E-state index contributed by atoms with van der Waals surface area (Å²) in [4.78, 5) is 5.20. The summed E-state index contributed by atoms with van der Waals surface area (Å²) in [6, 6.07) is 83.9. The van der Waals surface area contributed by atoms with E-state index in [0.717, 1.165) is 39.7 Å². The molecule has 11 aromatic rings. The van der Waals surface area contributed by atoms with Crippen LogP contribution in [0.4, 0.5) is 17.1 Å². The van der Waals surface area contributed by atoms with Gasteiger partial charge in [0, 0.05) is 57.9 Å². The number of para-hydroxylation sites is 2. The Morgan fingerprint density at radius 3 is 1.41 bits per heavy atom. The molecule has 0 unspecified atom stereocenters. The first kappa shape index (κ1) is 36.7. The number of ether oxygens (including phenoxy) is 1. The first-order chi connectivity index (χ1) is 32.7. The number of hydrogen-bond acceptors (Lipinski definition) is 4. The minimum atomic E-state index is -0.602. The molecule has 308 valence electrons. The van der Waals surface area contributed by atoms with Crippen molar-refractivity contribution in [2.45, 2.75) is 20.6 Å². The molecule has 2 aliphatic carbocycles. The number of nitrogens with zero attached hydrogens (tertiary/aromatic N) is 1. The Morgan fingerprint density at radius 2 is 0.803 bits per heavy atom. The molecule has 10 aromatic carbocycles. The van der Waals surface area contributed by atoms with Gasteiger partial charge in [0.1, 0.15) is 11.5 Å². The third kappa shape index (κ3) is 4.57. The first-order valence-corrected chi connectivity index (χ1v) is 24.3. The number of hydrogen-bond donors (Lipinski definition) is 0. The number of rotatable bonds is 3. The van der Waals surface area contributed by atoms with E-state index in [1.807, 2.05) is 23.1 Å². The third-order valence-corrected chi connectivity index (χ3v) is 17.1. The SMILES string of the molecule is c1ccc2c(c1)Oc1ccccc1C21c2ccccc2-c2c(N(c3ccc4sc5ccccc5c4c3)c3cccc4c3-c3ccccc3C43c4ccccc4Sc4ccccc43)cccc21. The van der Waals surface area contributed by atoms with Gasteiger partial charge in [-0.1, -0.05) is 176 Å². The van der Waals surface area contributed by atoms with E-state index in [9.17, 15) is 0 Å². The van der Waals surface area contributed by atoms with Crippen molar-refractivity contribution < 1.29 is 4.74 Å². The van der Waals surface area contributed by atoms with E-state index >= 15 is 0 Å². The van der Waals surface area contributed by atoms with Crippen molar-refractivity contribution in [1.29, 1.82) is 0 Å². The molecule has 0 saturated heterocycles. The predicted molar refractivity (Wildman–Crippen MR) is 273 cm³/mol. The van der Waals surface area contributed by atoms with Gasteiger partial charge in [-0.15, -0.1) is 11.3 Å². The van der Waals surface area contributed by atoms with E-state index in [0.29, 0.717) is 0 Å². The fourth-order valence-corrected chi connectivity index (χ4v) is 14.7. The highest BCUT2D eigenvalue weighted by Gasteiger charge is 2.53. The van der Waals surface area contributed by atoms with Crippen LogP contribution in [0.15, 0.2) is 234 Å². The molecule has 0 radical (unpaired) electrons. The van der Waals surface area contributed by atoms with Crippen LogP contribution in [0.2, 0.25) is 0 Å². The Bertz CT molecular complexity index is 3590. The second kappa shape index (κ2) is 13.5. The maximum atomic E-state index is 6.76. The number of fused-ring (bicyclic) bond motifs is 21.